The van der Waals surface area contributed by atoms with E-state index < -0.39 is 0 Å². The largest absolute Gasteiger partial charge is 0.462 e. The summed E-state index contributed by atoms with van der Waals surface area (Å²) in [5.41, 5.74) is 2.12. The van der Waals surface area contributed by atoms with Gasteiger partial charge in [0.15, 0.2) is 0 Å². The summed E-state index contributed by atoms with van der Waals surface area (Å²) in [6, 6.07) is 13.2. The highest BCUT2D eigenvalue weighted by molar-refractivity contribution is 6.05. The van der Waals surface area contributed by atoms with E-state index in [4.69, 9.17) is 4.74 Å². The van der Waals surface area contributed by atoms with Crippen LogP contribution in [0.2, 0.25) is 0 Å². The Morgan fingerprint density at radius 2 is 1.39 bits per heavy atom. The molecule has 2 rings (SSSR count). The van der Waals surface area contributed by atoms with Gasteiger partial charge >= 0.3 is 5.97 Å². The number of carbonyl (C=O) groups is 3. The maximum Gasteiger partial charge on any atom is 0.338 e. The van der Waals surface area contributed by atoms with Gasteiger partial charge in [0.2, 0.25) is 5.91 Å². The number of unbranched alkanes of at least 4 members (excludes halogenated alkanes) is 1. The number of amides is 2. The lowest BCUT2D eigenvalue weighted by Gasteiger charge is -2.09. The summed E-state index contributed by atoms with van der Waals surface area (Å²) in [5, 5.41) is 5.55. The Labute approximate surface area is 165 Å². The first kappa shape index (κ1) is 21.2. The number of esters is 1. The second kappa shape index (κ2) is 10.3. The first-order valence-corrected chi connectivity index (χ1v) is 9.40. The number of ether oxygens (including phenoxy) is 1. The van der Waals surface area contributed by atoms with Crippen LogP contribution >= 0.6 is 0 Å². The lowest BCUT2D eigenvalue weighted by molar-refractivity contribution is -0.118. The lowest BCUT2D eigenvalue weighted by atomic mass is 10.1. The fraction of sp³-hybridized carbons (Fsp3) is 0.318. The Kier molecular flexibility index (Phi) is 7.75. The molecule has 0 aliphatic rings. The molecule has 0 heterocycles. The number of anilines is 2. The second-order valence-corrected chi connectivity index (χ2v) is 6.74. The number of carbonyl (C=O) groups excluding carboxylic acids is 3. The van der Waals surface area contributed by atoms with Crippen molar-refractivity contribution < 1.29 is 19.1 Å². The van der Waals surface area contributed by atoms with E-state index in [1.54, 1.807) is 48.5 Å². The zero-order chi connectivity index (χ0) is 20.5. The van der Waals surface area contributed by atoms with Gasteiger partial charge in [-0.25, -0.2) is 4.79 Å². The monoisotopic (exact) mass is 382 g/mol. The molecule has 2 N–H and O–H groups in total. The van der Waals surface area contributed by atoms with Crippen LogP contribution in [0.1, 0.15) is 54.3 Å². The summed E-state index contributed by atoms with van der Waals surface area (Å²) in [7, 11) is 0. The van der Waals surface area contributed by atoms with Crippen molar-refractivity contribution in [3.63, 3.8) is 0 Å². The van der Waals surface area contributed by atoms with Crippen molar-refractivity contribution in [2.24, 2.45) is 5.92 Å². The quantitative estimate of drug-likeness (QED) is 0.520. The molecule has 0 bridgehead atoms. The number of rotatable bonds is 8. The molecule has 6 nitrogen and oxygen atoms in total. The molecule has 28 heavy (non-hydrogen) atoms. The normalized spacial score (nSPS) is 10.4. The number of hydrogen-bond acceptors (Lipinski definition) is 4. The summed E-state index contributed by atoms with van der Waals surface area (Å²) in [6.07, 6.45) is 1.79. The van der Waals surface area contributed by atoms with Crippen LogP contribution in [-0.2, 0) is 9.53 Å². The van der Waals surface area contributed by atoms with Crippen molar-refractivity contribution in [3.8, 4) is 0 Å². The Morgan fingerprint density at radius 1 is 0.857 bits per heavy atom. The Balaban J connectivity index is 1.93. The maximum absolute atomic E-state index is 12.4. The SMILES string of the molecule is CCCCOC(=O)c1ccc(NC(=O)c2ccc(NC(=O)C(C)C)cc2)cc1. The molecule has 148 valence electrons. The number of benzene rings is 2. The van der Waals surface area contributed by atoms with Crippen LogP contribution in [0.5, 0.6) is 0 Å². The van der Waals surface area contributed by atoms with Gasteiger partial charge in [-0.05, 0) is 55.0 Å². The Morgan fingerprint density at radius 3 is 1.93 bits per heavy atom. The summed E-state index contributed by atoms with van der Waals surface area (Å²) in [4.78, 5) is 35.9. The summed E-state index contributed by atoms with van der Waals surface area (Å²) in [6.45, 7) is 6.06. The van der Waals surface area contributed by atoms with Crippen LogP contribution in [0.3, 0.4) is 0 Å². The first-order valence-electron chi connectivity index (χ1n) is 9.40. The van der Waals surface area contributed by atoms with Crippen LogP contribution in [0.25, 0.3) is 0 Å². The molecule has 6 heteroatoms. The van der Waals surface area contributed by atoms with Crippen molar-refractivity contribution >= 4 is 29.2 Å². The van der Waals surface area contributed by atoms with Crippen molar-refractivity contribution in [2.75, 3.05) is 17.2 Å². The molecule has 2 aromatic carbocycles. The van der Waals surface area contributed by atoms with Gasteiger partial charge in [0.25, 0.3) is 5.91 Å². The van der Waals surface area contributed by atoms with Crippen molar-refractivity contribution in [3.05, 3.63) is 59.7 Å². The van der Waals surface area contributed by atoms with Gasteiger partial charge in [0, 0.05) is 22.9 Å². The topological polar surface area (TPSA) is 84.5 Å². The van der Waals surface area contributed by atoms with E-state index in [9.17, 15) is 14.4 Å². The average Bonchev–Trinajstić information content (AvgIpc) is 2.69. The van der Waals surface area contributed by atoms with Gasteiger partial charge in [0.1, 0.15) is 0 Å². The summed E-state index contributed by atoms with van der Waals surface area (Å²) in [5.74, 6) is -0.842. The second-order valence-electron chi connectivity index (χ2n) is 6.74. The van der Waals surface area contributed by atoms with Crippen LogP contribution in [0, 0.1) is 5.92 Å². The van der Waals surface area contributed by atoms with E-state index in [1.807, 2.05) is 20.8 Å². The molecule has 0 aromatic heterocycles. The molecular weight excluding hydrogens is 356 g/mol. The van der Waals surface area contributed by atoms with Gasteiger partial charge < -0.3 is 15.4 Å². The minimum Gasteiger partial charge on any atom is -0.462 e. The molecule has 0 saturated heterocycles. The smallest absolute Gasteiger partial charge is 0.338 e. The maximum atomic E-state index is 12.4. The number of hydrogen-bond donors (Lipinski definition) is 2. The van der Waals surface area contributed by atoms with Gasteiger partial charge in [0.05, 0.1) is 12.2 Å². The fourth-order valence-corrected chi connectivity index (χ4v) is 2.28. The van der Waals surface area contributed by atoms with Crippen LogP contribution < -0.4 is 10.6 Å². The van der Waals surface area contributed by atoms with Gasteiger partial charge in [-0.1, -0.05) is 27.2 Å². The predicted molar refractivity (Wildman–Crippen MR) is 109 cm³/mol. The summed E-state index contributed by atoms with van der Waals surface area (Å²) < 4.78 is 5.16. The van der Waals surface area contributed by atoms with Crippen LogP contribution in [0.4, 0.5) is 11.4 Å². The molecular formula is C22H26N2O4. The van der Waals surface area contributed by atoms with Gasteiger partial charge in [-0.2, -0.15) is 0 Å². The highest BCUT2D eigenvalue weighted by Crippen LogP contribution is 2.15. The number of nitrogens with one attached hydrogen (secondary N) is 2. The molecule has 0 atom stereocenters. The van der Waals surface area contributed by atoms with E-state index in [-0.39, 0.29) is 23.7 Å². The Bertz CT molecular complexity index is 811. The third-order valence-electron chi connectivity index (χ3n) is 4.05. The van der Waals surface area contributed by atoms with Crippen molar-refractivity contribution in [1.29, 1.82) is 0 Å². The van der Waals surface area contributed by atoms with Gasteiger partial charge in [-0.3, -0.25) is 9.59 Å². The zero-order valence-electron chi connectivity index (χ0n) is 16.5. The van der Waals surface area contributed by atoms with E-state index in [0.717, 1.165) is 12.8 Å². The lowest BCUT2D eigenvalue weighted by Crippen LogP contribution is -2.18. The van der Waals surface area contributed by atoms with Gasteiger partial charge in [-0.15, -0.1) is 0 Å². The predicted octanol–water partition coefficient (Wildman–Crippen LogP) is 4.49. The Hall–Kier alpha value is -3.15. The first-order chi connectivity index (χ1) is 13.4. The highest BCUT2D eigenvalue weighted by Gasteiger charge is 2.10. The third-order valence-corrected chi connectivity index (χ3v) is 4.05. The minimum absolute atomic E-state index is 0.0782. The van der Waals surface area contributed by atoms with E-state index >= 15 is 0 Å². The molecule has 0 unspecified atom stereocenters. The molecule has 0 aliphatic carbocycles. The molecule has 2 amide bonds. The molecule has 2 aromatic rings. The van der Waals surface area contributed by atoms with Crippen molar-refractivity contribution in [1.82, 2.24) is 0 Å². The molecule has 0 radical (unpaired) electrons. The average molecular weight is 382 g/mol. The molecule has 0 saturated carbocycles. The standard InChI is InChI=1S/C22H26N2O4/c1-4-5-14-28-22(27)17-8-12-19(13-9-17)24-21(26)16-6-10-18(11-7-16)23-20(25)15(2)3/h6-13,15H,4-5,14H2,1-3H3,(H,23,25)(H,24,26). The highest BCUT2D eigenvalue weighted by atomic mass is 16.5. The van der Waals surface area contributed by atoms with Crippen molar-refractivity contribution in [2.45, 2.75) is 33.6 Å². The zero-order valence-corrected chi connectivity index (χ0v) is 16.5. The fourth-order valence-electron chi connectivity index (χ4n) is 2.28. The molecule has 0 aliphatic heterocycles. The third kappa shape index (κ3) is 6.23. The van der Waals surface area contributed by atoms with E-state index in [0.29, 0.717) is 29.1 Å². The summed E-state index contributed by atoms with van der Waals surface area (Å²) >= 11 is 0. The molecule has 0 spiro atoms. The van der Waals surface area contributed by atoms with Crippen LogP contribution in [-0.4, -0.2) is 24.4 Å². The van der Waals surface area contributed by atoms with E-state index in [2.05, 4.69) is 10.6 Å². The molecule has 0 fully saturated rings. The van der Waals surface area contributed by atoms with E-state index in [1.165, 1.54) is 0 Å². The van der Waals surface area contributed by atoms with Crippen LogP contribution in [0.15, 0.2) is 48.5 Å². The minimum atomic E-state index is -0.370.